The minimum atomic E-state index is -3.42. The van der Waals surface area contributed by atoms with Gasteiger partial charge in [-0.2, -0.15) is 0 Å². The largest absolute Gasteiger partial charge is 0.398 e. The number of aromatic nitrogens is 2. The molecule has 0 amide bonds. The van der Waals surface area contributed by atoms with E-state index in [0.717, 1.165) is 0 Å². The minimum Gasteiger partial charge on any atom is -0.398 e. The van der Waals surface area contributed by atoms with Crippen molar-refractivity contribution in [3.05, 3.63) is 48.5 Å². The van der Waals surface area contributed by atoms with Crippen molar-refractivity contribution in [3.8, 4) is 0 Å². The third kappa shape index (κ3) is 4.07. The van der Waals surface area contributed by atoms with Crippen molar-refractivity contribution in [3.63, 3.8) is 0 Å². The van der Waals surface area contributed by atoms with Crippen LogP contribution in [0.25, 0.3) is 0 Å². The lowest BCUT2D eigenvalue weighted by atomic mass is 10.2. The number of benzene rings is 1. The van der Waals surface area contributed by atoms with Gasteiger partial charge in [-0.05, 0) is 18.6 Å². The van der Waals surface area contributed by atoms with E-state index < -0.39 is 10.0 Å². The van der Waals surface area contributed by atoms with Gasteiger partial charge in [-0.25, -0.2) is 18.1 Å². The van der Waals surface area contributed by atoms with Crippen LogP contribution in [0.2, 0.25) is 0 Å². The smallest absolute Gasteiger partial charge is 0.216 e. The van der Waals surface area contributed by atoms with Crippen LogP contribution in [0.1, 0.15) is 12.5 Å². The summed E-state index contributed by atoms with van der Waals surface area (Å²) < 4.78 is 28.7. The SMILES string of the molecule is CC(Cn1ccnc1)NS(=O)(=O)Cc1ccccc1N. The van der Waals surface area contributed by atoms with Crippen molar-refractivity contribution < 1.29 is 8.42 Å². The highest BCUT2D eigenvalue weighted by molar-refractivity contribution is 7.88. The molecular weight excluding hydrogens is 276 g/mol. The van der Waals surface area contributed by atoms with Crippen LogP contribution in [0.5, 0.6) is 0 Å². The van der Waals surface area contributed by atoms with Gasteiger partial charge in [0.25, 0.3) is 0 Å². The topological polar surface area (TPSA) is 90.0 Å². The molecule has 1 aromatic heterocycles. The maximum atomic E-state index is 12.1. The molecule has 0 aliphatic carbocycles. The second-order valence-corrected chi connectivity index (χ2v) is 6.49. The molecule has 1 aromatic carbocycles. The van der Waals surface area contributed by atoms with Gasteiger partial charge in [-0.3, -0.25) is 0 Å². The number of para-hydroxylation sites is 1. The van der Waals surface area contributed by atoms with Crippen LogP contribution in [0, 0.1) is 0 Å². The third-order valence-electron chi connectivity index (χ3n) is 2.83. The van der Waals surface area contributed by atoms with E-state index >= 15 is 0 Å². The molecule has 0 fully saturated rings. The fourth-order valence-corrected chi connectivity index (χ4v) is 3.41. The zero-order valence-electron chi connectivity index (χ0n) is 11.2. The van der Waals surface area contributed by atoms with E-state index in [1.165, 1.54) is 0 Å². The Bertz CT molecular complexity index is 653. The standard InChI is InChI=1S/C13H18N4O2S/c1-11(8-17-7-6-15-10-17)16-20(18,19)9-12-4-2-3-5-13(12)14/h2-7,10-11,16H,8-9,14H2,1H3. The van der Waals surface area contributed by atoms with Gasteiger partial charge in [0.2, 0.25) is 10.0 Å². The van der Waals surface area contributed by atoms with E-state index in [2.05, 4.69) is 9.71 Å². The number of hydrogen-bond acceptors (Lipinski definition) is 4. The summed E-state index contributed by atoms with van der Waals surface area (Å²) in [5.74, 6) is -0.117. The van der Waals surface area contributed by atoms with Crippen molar-refractivity contribution in [2.75, 3.05) is 5.73 Å². The molecule has 0 saturated carbocycles. The van der Waals surface area contributed by atoms with Crippen molar-refractivity contribution in [1.29, 1.82) is 0 Å². The number of nitrogen functional groups attached to an aromatic ring is 1. The summed E-state index contributed by atoms with van der Waals surface area (Å²) in [6.45, 7) is 2.34. The first-order valence-corrected chi connectivity index (χ1v) is 7.90. The Balaban J connectivity index is 1.99. The van der Waals surface area contributed by atoms with E-state index in [9.17, 15) is 8.42 Å². The van der Waals surface area contributed by atoms with Crippen molar-refractivity contribution in [2.24, 2.45) is 0 Å². The number of nitrogens with two attached hydrogens (primary N) is 1. The molecule has 3 N–H and O–H groups in total. The fraction of sp³-hybridized carbons (Fsp3) is 0.308. The highest BCUT2D eigenvalue weighted by atomic mass is 32.2. The third-order valence-corrected chi connectivity index (χ3v) is 4.28. The Kier molecular flexibility index (Phi) is 4.41. The molecule has 0 spiro atoms. The zero-order valence-corrected chi connectivity index (χ0v) is 12.0. The normalized spacial score (nSPS) is 13.2. The molecule has 0 aliphatic heterocycles. The number of nitrogens with one attached hydrogen (secondary N) is 1. The molecule has 20 heavy (non-hydrogen) atoms. The molecule has 2 aromatic rings. The van der Waals surface area contributed by atoms with Crippen LogP contribution in [0.15, 0.2) is 43.0 Å². The first kappa shape index (κ1) is 14.5. The molecule has 6 nitrogen and oxygen atoms in total. The van der Waals surface area contributed by atoms with E-state index in [4.69, 9.17) is 5.73 Å². The average Bonchev–Trinajstić information content (AvgIpc) is 2.83. The van der Waals surface area contributed by atoms with Crippen molar-refractivity contribution in [2.45, 2.75) is 25.3 Å². The van der Waals surface area contributed by atoms with E-state index in [0.29, 0.717) is 17.8 Å². The summed E-state index contributed by atoms with van der Waals surface area (Å²) in [5.41, 5.74) is 6.86. The molecule has 0 aliphatic rings. The Morgan fingerprint density at radius 2 is 2.15 bits per heavy atom. The molecule has 7 heteroatoms. The van der Waals surface area contributed by atoms with E-state index in [1.54, 1.807) is 43.0 Å². The highest BCUT2D eigenvalue weighted by Crippen LogP contribution is 2.13. The van der Waals surface area contributed by atoms with Crippen LogP contribution >= 0.6 is 0 Å². The first-order valence-electron chi connectivity index (χ1n) is 6.25. The number of nitrogens with zero attached hydrogens (tertiary/aromatic N) is 2. The maximum Gasteiger partial charge on any atom is 0.216 e. The second-order valence-electron chi connectivity index (χ2n) is 4.74. The first-order chi connectivity index (χ1) is 9.46. The monoisotopic (exact) mass is 294 g/mol. The van der Waals surface area contributed by atoms with Gasteiger partial charge in [0.15, 0.2) is 0 Å². The molecule has 2 rings (SSSR count). The lowest BCUT2D eigenvalue weighted by Crippen LogP contribution is -2.36. The molecule has 1 unspecified atom stereocenters. The van der Waals surface area contributed by atoms with Crippen LogP contribution in [-0.2, 0) is 22.3 Å². The van der Waals surface area contributed by atoms with Crippen LogP contribution in [-0.4, -0.2) is 24.0 Å². The Morgan fingerprint density at radius 3 is 2.80 bits per heavy atom. The number of hydrogen-bond donors (Lipinski definition) is 2. The Morgan fingerprint density at radius 1 is 1.40 bits per heavy atom. The summed E-state index contributed by atoms with van der Waals surface area (Å²) >= 11 is 0. The van der Waals surface area contributed by atoms with Crippen molar-refractivity contribution >= 4 is 15.7 Å². The average molecular weight is 294 g/mol. The van der Waals surface area contributed by atoms with Gasteiger partial charge in [-0.1, -0.05) is 18.2 Å². The van der Waals surface area contributed by atoms with E-state index in [1.807, 2.05) is 11.5 Å². The lowest BCUT2D eigenvalue weighted by molar-refractivity contribution is 0.520. The number of sulfonamides is 1. The van der Waals surface area contributed by atoms with Gasteiger partial charge in [0, 0.05) is 30.7 Å². The quantitative estimate of drug-likeness (QED) is 0.777. The van der Waals surface area contributed by atoms with Crippen LogP contribution in [0.3, 0.4) is 0 Å². The van der Waals surface area contributed by atoms with Gasteiger partial charge < -0.3 is 10.3 Å². The Hall–Kier alpha value is -1.86. The summed E-state index contributed by atoms with van der Waals surface area (Å²) in [5, 5.41) is 0. The second kappa shape index (κ2) is 6.06. The predicted octanol–water partition coefficient (Wildman–Crippen LogP) is 0.973. The summed E-state index contributed by atoms with van der Waals surface area (Å²) in [7, 11) is -3.42. The molecule has 0 saturated heterocycles. The van der Waals surface area contributed by atoms with Gasteiger partial charge in [0.05, 0.1) is 12.1 Å². The molecule has 0 bridgehead atoms. The van der Waals surface area contributed by atoms with Crippen molar-refractivity contribution in [1.82, 2.24) is 14.3 Å². The predicted molar refractivity (Wildman–Crippen MR) is 78.3 cm³/mol. The molecule has 1 atom stereocenters. The number of anilines is 1. The fourth-order valence-electron chi connectivity index (χ4n) is 1.97. The van der Waals surface area contributed by atoms with Gasteiger partial charge in [-0.15, -0.1) is 0 Å². The van der Waals surface area contributed by atoms with Crippen LogP contribution in [0.4, 0.5) is 5.69 Å². The lowest BCUT2D eigenvalue weighted by Gasteiger charge is -2.15. The number of imidazole rings is 1. The Labute approximate surface area is 118 Å². The summed E-state index contributed by atoms with van der Waals surface area (Å²) in [6.07, 6.45) is 5.10. The highest BCUT2D eigenvalue weighted by Gasteiger charge is 2.16. The number of rotatable bonds is 6. The molecule has 0 radical (unpaired) electrons. The zero-order chi connectivity index (χ0) is 14.6. The van der Waals surface area contributed by atoms with Gasteiger partial charge >= 0.3 is 0 Å². The maximum absolute atomic E-state index is 12.1. The van der Waals surface area contributed by atoms with Crippen LogP contribution < -0.4 is 10.5 Å². The molecule has 1 heterocycles. The molecular formula is C13H18N4O2S. The van der Waals surface area contributed by atoms with Gasteiger partial charge in [0.1, 0.15) is 0 Å². The molecule has 108 valence electrons. The minimum absolute atomic E-state index is 0.117. The summed E-state index contributed by atoms with van der Waals surface area (Å²) in [6, 6.07) is 6.74. The summed E-state index contributed by atoms with van der Waals surface area (Å²) in [4.78, 5) is 3.92. The van der Waals surface area contributed by atoms with E-state index in [-0.39, 0.29) is 11.8 Å².